The van der Waals surface area contributed by atoms with Crippen LogP contribution < -0.4 is 0 Å². The van der Waals surface area contributed by atoms with Gasteiger partial charge in [-0.2, -0.15) is 5.10 Å². The number of nitrogens with one attached hydrogen (secondary N) is 1. The van der Waals surface area contributed by atoms with Gasteiger partial charge in [-0.3, -0.25) is 9.89 Å². The Kier molecular flexibility index (Phi) is 4.92. The number of hydrogen-bond donors (Lipinski definition) is 1. The highest BCUT2D eigenvalue weighted by atomic mass is 35.5. The van der Waals surface area contributed by atoms with Crippen LogP contribution in [0.15, 0.2) is 42.5 Å². The number of carbonyl (C=O) groups excluding carboxylic acids is 1. The van der Waals surface area contributed by atoms with E-state index in [0.29, 0.717) is 5.92 Å². The number of amides is 1. The highest BCUT2D eigenvalue weighted by Crippen LogP contribution is 2.34. The van der Waals surface area contributed by atoms with E-state index < -0.39 is 0 Å². The van der Waals surface area contributed by atoms with Crippen LogP contribution in [0.2, 0.25) is 5.02 Å². The van der Waals surface area contributed by atoms with Crippen molar-refractivity contribution >= 4 is 28.4 Å². The number of aromatic nitrogens is 2. The molecule has 1 aliphatic rings. The summed E-state index contributed by atoms with van der Waals surface area (Å²) in [5.41, 5.74) is 3.90. The number of rotatable bonds is 4. The number of halogens is 1. The summed E-state index contributed by atoms with van der Waals surface area (Å²) >= 11 is 6.02. The van der Waals surface area contributed by atoms with Gasteiger partial charge in [0.05, 0.1) is 11.6 Å². The molecule has 1 N–H and O–H groups in total. The zero-order valence-corrected chi connectivity index (χ0v) is 16.5. The van der Waals surface area contributed by atoms with Crippen molar-refractivity contribution in [3.05, 3.63) is 64.3 Å². The van der Waals surface area contributed by atoms with Crippen molar-refractivity contribution < 1.29 is 4.79 Å². The van der Waals surface area contributed by atoms with Gasteiger partial charge in [0.2, 0.25) is 0 Å². The molecule has 0 spiro atoms. The van der Waals surface area contributed by atoms with Gasteiger partial charge in [-0.15, -0.1) is 0 Å². The molecule has 4 nitrogen and oxygen atoms in total. The fourth-order valence-electron chi connectivity index (χ4n) is 3.97. The first-order valence-corrected chi connectivity index (χ1v) is 9.94. The largest absolute Gasteiger partial charge is 0.332 e. The van der Waals surface area contributed by atoms with Crippen molar-refractivity contribution in [3.8, 4) is 0 Å². The first kappa shape index (κ1) is 18.1. The van der Waals surface area contributed by atoms with Crippen molar-refractivity contribution in [3.63, 3.8) is 0 Å². The summed E-state index contributed by atoms with van der Waals surface area (Å²) in [6.07, 6.45) is 2.93. The molecule has 1 amide bonds. The lowest BCUT2D eigenvalue weighted by Crippen LogP contribution is -2.30. The molecular formula is C22H24ClN3O. The van der Waals surface area contributed by atoms with E-state index in [1.807, 2.05) is 47.4 Å². The minimum atomic E-state index is 0.0889. The summed E-state index contributed by atoms with van der Waals surface area (Å²) in [4.78, 5) is 15.3. The summed E-state index contributed by atoms with van der Waals surface area (Å²) in [7, 11) is 0. The SMILES string of the molecule is CC(C)Cc1[nH]nc2ccc(C(=O)N3CCC[C@@H]3c3ccc(Cl)cc3)cc12. The minimum Gasteiger partial charge on any atom is -0.332 e. The van der Waals surface area contributed by atoms with Crippen LogP contribution >= 0.6 is 11.6 Å². The first-order valence-electron chi connectivity index (χ1n) is 9.56. The monoisotopic (exact) mass is 381 g/mol. The molecule has 5 heteroatoms. The molecule has 27 heavy (non-hydrogen) atoms. The van der Waals surface area contributed by atoms with Gasteiger partial charge in [-0.1, -0.05) is 37.6 Å². The fourth-order valence-corrected chi connectivity index (χ4v) is 4.09. The Morgan fingerprint density at radius 3 is 2.78 bits per heavy atom. The Balaban J connectivity index is 1.64. The molecule has 4 rings (SSSR count). The maximum absolute atomic E-state index is 13.3. The Labute approximate surface area is 164 Å². The van der Waals surface area contributed by atoms with Crippen LogP contribution in [0.25, 0.3) is 10.9 Å². The van der Waals surface area contributed by atoms with Gasteiger partial charge >= 0.3 is 0 Å². The Morgan fingerprint density at radius 1 is 1.26 bits per heavy atom. The maximum Gasteiger partial charge on any atom is 0.254 e. The van der Waals surface area contributed by atoms with Crippen molar-refractivity contribution in [2.75, 3.05) is 6.54 Å². The van der Waals surface area contributed by atoms with E-state index in [0.717, 1.165) is 58.6 Å². The molecule has 2 aromatic carbocycles. The highest BCUT2D eigenvalue weighted by Gasteiger charge is 2.30. The predicted octanol–water partition coefficient (Wildman–Crippen LogP) is 5.39. The lowest BCUT2D eigenvalue weighted by Gasteiger charge is -2.25. The van der Waals surface area contributed by atoms with Crippen LogP contribution in [0, 0.1) is 5.92 Å². The lowest BCUT2D eigenvalue weighted by atomic mass is 10.0. The molecule has 1 atom stereocenters. The van der Waals surface area contributed by atoms with Gasteiger partial charge in [-0.25, -0.2) is 0 Å². The number of carbonyl (C=O) groups is 1. The quantitative estimate of drug-likeness (QED) is 0.658. The van der Waals surface area contributed by atoms with Gasteiger partial charge in [0.1, 0.15) is 0 Å². The number of fused-ring (bicyclic) bond motifs is 1. The Morgan fingerprint density at radius 2 is 2.04 bits per heavy atom. The van der Waals surface area contributed by atoms with E-state index >= 15 is 0 Å². The average Bonchev–Trinajstić information content (AvgIpc) is 3.28. The van der Waals surface area contributed by atoms with E-state index in [9.17, 15) is 4.79 Å². The number of hydrogen-bond acceptors (Lipinski definition) is 2. The normalized spacial score (nSPS) is 17.2. The van der Waals surface area contributed by atoms with E-state index in [-0.39, 0.29) is 11.9 Å². The molecule has 1 aliphatic heterocycles. The topological polar surface area (TPSA) is 49.0 Å². The van der Waals surface area contributed by atoms with Crippen molar-refractivity contribution in [2.45, 2.75) is 39.2 Å². The second-order valence-corrected chi connectivity index (χ2v) is 8.18. The van der Waals surface area contributed by atoms with Crippen molar-refractivity contribution in [1.29, 1.82) is 0 Å². The van der Waals surface area contributed by atoms with Gasteiger partial charge < -0.3 is 4.90 Å². The molecule has 0 bridgehead atoms. The Bertz CT molecular complexity index is 961. The molecule has 0 aliphatic carbocycles. The second-order valence-electron chi connectivity index (χ2n) is 7.74. The van der Waals surface area contributed by atoms with Crippen LogP contribution in [0.4, 0.5) is 0 Å². The van der Waals surface area contributed by atoms with Gasteiger partial charge in [0.25, 0.3) is 5.91 Å². The molecule has 2 heterocycles. The molecule has 0 saturated carbocycles. The molecule has 1 saturated heterocycles. The van der Waals surface area contributed by atoms with E-state index in [4.69, 9.17) is 11.6 Å². The third-order valence-electron chi connectivity index (χ3n) is 5.26. The third kappa shape index (κ3) is 3.59. The third-order valence-corrected chi connectivity index (χ3v) is 5.51. The molecule has 3 aromatic rings. The average molecular weight is 382 g/mol. The van der Waals surface area contributed by atoms with Gasteiger partial charge in [-0.05, 0) is 61.1 Å². The molecule has 0 radical (unpaired) electrons. The number of aromatic amines is 1. The zero-order valence-electron chi connectivity index (χ0n) is 15.7. The van der Waals surface area contributed by atoms with Crippen LogP contribution in [0.1, 0.15) is 54.3 Å². The lowest BCUT2D eigenvalue weighted by molar-refractivity contribution is 0.0736. The number of nitrogens with zero attached hydrogens (tertiary/aromatic N) is 2. The fraction of sp³-hybridized carbons (Fsp3) is 0.364. The smallest absolute Gasteiger partial charge is 0.254 e. The first-order chi connectivity index (χ1) is 13.0. The van der Waals surface area contributed by atoms with Crippen LogP contribution in [-0.2, 0) is 6.42 Å². The maximum atomic E-state index is 13.3. The summed E-state index contributed by atoms with van der Waals surface area (Å²) in [5, 5.41) is 9.28. The molecule has 140 valence electrons. The zero-order chi connectivity index (χ0) is 19.0. The van der Waals surface area contributed by atoms with E-state index in [1.54, 1.807) is 0 Å². The molecule has 1 fully saturated rings. The van der Waals surface area contributed by atoms with Gasteiger partial charge in [0.15, 0.2) is 0 Å². The minimum absolute atomic E-state index is 0.0889. The van der Waals surface area contributed by atoms with Crippen molar-refractivity contribution in [2.24, 2.45) is 5.92 Å². The van der Waals surface area contributed by atoms with E-state index in [2.05, 4.69) is 24.0 Å². The number of H-pyrrole nitrogens is 1. The second kappa shape index (κ2) is 7.35. The standard InChI is InChI=1S/C22H24ClN3O/c1-14(2)12-20-18-13-16(7-10-19(18)24-25-20)22(27)26-11-3-4-21(26)15-5-8-17(23)9-6-15/h5-10,13-14,21H,3-4,11-12H2,1-2H3,(H,24,25)/t21-/m1/s1. The van der Waals surface area contributed by atoms with Crippen LogP contribution in [0.3, 0.4) is 0 Å². The van der Waals surface area contributed by atoms with Crippen LogP contribution in [0.5, 0.6) is 0 Å². The van der Waals surface area contributed by atoms with E-state index in [1.165, 1.54) is 0 Å². The van der Waals surface area contributed by atoms with Crippen LogP contribution in [-0.4, -0.2) is 27.5 Å². The van der Waals surface area contributed by atoms with Gasteiger partial charge in [0, 0.05) is 28.2 Å². The molecule has 0 unspecified atom stereocenters. The number of benzene rings is 2. The summed E-state index contributed by atoms with van der Waals surface area (Å²) < 4.78 is 0. The Hall–Kier alpha value is -2.33. The molecule has 1 aromatic heterocycles. The summed E-state index contributed by atoms with van der Waals surface area (Å²) in [6.45, 7) is 5.15. The summed E-state index contributed by atoms with van der Waals surface area (Å²) in [5.74, 6) is 0.618. The highest BCUT2D eigenvalue weighted by molar-refractivity contribution is 6.30. The van der Waals surface area contributed by atoms with Crippen molar-refractivity contribution in [1.82, 2.24) is 15.1 Å². The molecular weight excluding hydrogens is 358 g/mol. The number of likely N-dealkylation sites (tertiary alicyclic amines) is 1. The predicted molar refractivity (Wildman–Crippen MR) is 109 cm³/mol. The summed E-state index contributed by atoms with van der Waals surface area (Å²) in [6, 6.07) is 13.8.